The quantitative estimate of drug-likeness (QED) is 0.640. The molecule has 18 heavy (non-hydrogen) atoms. The summed E-state index contributed by atoms with van der Waals surface area (Å²) in [6.45, 7) is 8.48. The summed E-state index contributed by atoms with van der Waals surface area (Å²) in [6.07, 6.45) is 1.49. The van der Waals surface area contributed by atoms with E-state index < -0.39 is 0 Å². The van der Waals surface area contributed by atoms with Gasteiger partial charge in [-0.15, -0.1) is 0 Å². The minimum atomic E-state index is 0.0390. The molecule has 1 amide bonds. The van der Waals surface area contributed by atoms with Crippen molar-refractivity contribution in [2.45, 2.75) is 38.8 Å². The third-order valence-electron chi connectivity index (χ3n) is 3.31. The van der Waals surface area contributed by atoms with E-state index in [1.165, 1.54) is 0 Å². The fraction of sp³-hybridized carbons (Fsp3) is 0.923. The van der Waals surface area contributed by atoms with Crippen molar-refractivity contribution in [3.05, 3.63) is 0 Å². The Morgan fingerprint density at radius 2 is 2.33 bits per heavy atom. The molecular weight excluding hydrogens is 230 g/mol. The summed E-state index contributed by atoms with van der Waals surface area (Å²) in [5.41, 5.74) is 0. The van der Waals surface area contributed by atoms with Gasteiger partial charge in [0.25, 0.3) is 0 Å². The number of hydrogen-bond donors (Lipinski definition) is 2. The van der Waals surface area contributed by atoms with Gasteiger partial charge in [-0.05, 0) is 33.9 Å². The lowest BCUT2D eigenvalue weighted by molar-refractivity contribution is -0.124. The third-order valence-corrected chi connectivity index (χ3v) is 3.31. The molecule has 0 aliphatic carbocycles. The molecule has 0 aromatic carbocycles. The molecule has 5 nitrogen and oxygen atoms in total. The number of hydrogen-bond acceptors (Lipinski definition) is 4. The maximum Gasteiger partial charge on any atom is 0.222 e. The van der Waals surface area contributed by atoms with Gasteiger partial charge in [-0.1, -0.05) is 0 Å². The van der Waals surface area contributed by atoms with Crippen LogP contribution in [-0.2, 0) is 9.53 Å². The average Bonchev–Trinajstić information content (AvgIpc) is 2.35. The van der Waals surface area contributed by atoms with Crippen LogP contribution in [-0.4, -0.2) is 62.8 Å². The molecule has 1 rings (SSSR count). The van der Waals surface area contributed by atoms with Crippen LogP contribution >= 0.6 is 0 Å². The van der Waals surface area contributed by atoms with Crippen LogP contribution in [0, 0.1) is 0 Å². The average molecular weight is 257 g/mol. The van der Waals surface area contributed by atoms with Gasteiger partial charge in [0.1, 0.15) is 0 Å². The van der Waals surface area contributed by atoms with Crippen LogP contribution in [0.25, 0.3) is 0 Å². The van der Waals surface area contributed by atoms with E-state index >= 15 is 0 Å². The van der Waals surface area contributed by atoms with Crippen molar-refractivity contribution in [3.63, 3.8) is 0 Å². The first kappa shape index (κ1) is 15.4. The Kier molecular flexibility index (Phi) is 7.23. The van der Waals surface area contributed by atoms with E-state index in [4.69, 9.17) is 4.74 Å². The molecule has 2 N–H and O–H groups in total. The van der Waals surface area contributed by atoms with E-state index in [-0.39, 0.29) is 12.0 Å². The number of carbonyl (C=O) groups excluding carboxylic acids is 1. The molecule has 106 valence electrons. The Bertz CT molecular complexity index is 240. The van der Waals surface area contributed by atoms with Crippen molar-refractivity contribution < 1.29 is 9.53 Å². The number of rotatable bonds is 7. The van der Waals surface area contributed by atoms with Gasteiger partial charge >= 0.3 is 0 Å². The number of ether oxygens (including phenoxy) is 1. The second-order valence-corrected chi connectivity index (χ2v) is 5.18. The standard InChI is InChI=1S/C13H27N3O2/c1-11(2)16(3)7-4-5-15-13(17)9-12-10-14-6-8-18-12/h11-12,14H,4-10H2,1-3H3,(H,15,17). The smallest absolute Gasteiger partial charge is 0.222 e. The van der Waals surface area contributed by atoms with Crippen molar-refractivity contribution in [1.29, 1.82) is 0 Å². The highest BCUT2D eigenvalue weighted by Crippen LogP contribution is 2.01. The van der Waals surface area contributed by atoms with Gasteiger partial charge in [-0.2, -0.15) is 0 Å². The summed E-state index contributed by atoms with van der Waals surface area (Å²) in [7, 11) is 2.11. The summed E-state index contributed by atoms with van der Waals surface area (Å²) in [5, 5.41) is 6.17. The fourth-order valence-electron chi connectivity index (χ4n) is 1.84. The number of carbonyl (C=O) groups is 1. The maximum absolute atomic E-state index is 11.7. The van der Waals surface area contributed by atoms with Crippen molar-refractivity contribution >= 4 is 5.91 Å². The molecule has 5 heteroatoms. The molecule has 0 aromatic rings. The number of nitrogens with zero attached hydrogens (tertiary/aromatic N) is 1. The van der Waals surface area contributed by atoms with Gasteiger partial charge in [0.2, 0.25) is 5.91 Å². The summed E-state index contributed by atoms with van der Waals surface area (Å²) < 4.78 is 5.49. The SMILES string of the molecule is CC(C)N(C)CCCNC(=O)CC1CNCCO1. The lowest BCUT2D eigenvalue weighted by atomic mass is 10.2. The van der Waals surface area contributed by atoms with Crippen LogP contribution < -0.4 is 10.6 Å². The van der Waals surface area contributed by atoms with E-state index in [2.05, 4.69) is 36.4 Å². The minimum Gasteiger partial charge on any atom is -0.375 e. The first-order chi connectivity index (χ1) is 8.59. The molecular formula is C13H27N3O2. The molecule has 0 aromatic heterocycles. The Hall–Kier alpha value is -0.650. The number of amides is 1. The van der Waals surface area contributed by atoms with Gasteiger partial charge in [-0.25, -0.2) is 0 Å². The van der Waals surface area contributed by atoms with E-state index in [0.29, 0.717) is 19.1 Å². The lowest BCUT2D eigenvalue weighted by Gasteiger charge is -2.23. The van der Waals surface area contributed by atoms with E-state index in [1.54, 1.807) is 0 Å². The number of morpholine rings is 1. The molecule has 1 saturated heterocycles. The normalized spacial score (nSPS) is 20.4. The highest BCUT2D eigenvalue weighted by Gasteiger charge is 2.16. The number of nitrogens with one attached hydrogen (secondary N) is 2. The van der Waals surface area contributed by atoms with Crippen LogP contribution in [0.3, 0.4) is 0 Å². The first-order valence-corrected chi connectivity index (χ1v) is 6.89. The molecule has 0 radical (unpaired) electrons. The summed E-state index contributed by atoms with van der Waals surface area (Å²) >= 11 is 0. The fourth-order valence-corrected chi connectivity index (χ4v) is 1.84. The molecule has 1 aliphatic rings. The predicted octanol–water partition coefficient (Wildman–Crippen LogP) is 0.211. The van der Waals surface area contributed by atoms with Gasteiger partial charge in [0.15, 0.2) is 0 Å². The lowest BCUT2D eigenvalue weighted by Crippen LogP contribution is -2.41. The molecule has 1 fully saturated rings. The molecule has 0 saturated carbocycles. The molecule has 1 unspecified atom stereocenters. The zero-order valence-corrected chi connectivity index (χ0v) is 11.9. The van der Waals surface area contributed by atoms with E-state index in [1.807, 2.05) is 0 Å². The topological polar surface area (TPSA) is 53.6 Å². The second-order valence-electron chi connectivity index (χ2n) is 5.18. The molecule has 1 atom stereocenters. The minimum absolute atomic E-state index is 0.0390. The molecule has 0 bridgehead atoms. The highest BCUT2D eigenvalue weighted by atomic mass is 16.5. The van der Waals surface area contributed by atoms with Gasteiger partial charge in [0, 0.05) is 25.7 Å². The van der Waals surface area contributed by atoms with Crippen LogP contribution in [0.15, 0.2) is 0 Å². The maximum atomic E-state index is 11.7. The third kappa shape index (κ3) is 6.33. The Labute approximate surface area is 110 Å². The van der Waals surface area contributed by atoms with E-state index in [9.17, 15) is 4.79 Å². The zero-order valence-electron chi connectivity index (χ0n) is 11.9. The van der Waals surface area contributed by atoms with Crippen LogP contribution in [0.1, 0.15) is 26.7 Å². The van der Waals surface area contributed by atoms with Gasteiger partial charge in [0.05, 0.1) is 19.1 Å². The first-order valence-electron chi connectivity index (χ1n) is 6.89. The van der Waals surface area contributed by atoms with Crippen LogP contribution in [0.2, 0.25) is 0 Å². The molecule has 0 spiro atoms. The predicted molar refractivity (Wildman–Crippen MR) is 72.6 cm³/mol. The van der Waals surface area contributed by atoms with Crippen molar-refractivity contribution in [2.24, 2.45) is 0 Å². The monoisotopic (exact) mass is 257 g/mol. The molecule has 1 aliphatic heterocycles. The largest absolute Gasteiger partial charge is 0.375 e. The van der Waals surface area contributed by atoms with Crippen LogP contribution in [0.4, 0.5) is 0 Å². The van der Waals surface area contributed by atoms with E-state index in [0.717, 1.165) is 32.6 Å². The molecule has 1 heterocycles. The second kappa shape index (κ2) is 8.45. The summed E-state index contributed by atoms with van der Waals surface area (Å²) in [4.78, 5) is 13.9. The summed E-state index contributed by atoms with van der Waals surface area (Å²) in [5.74, 6) is 0.0934. The zero-order chi connectivity index (χ0) is 13.4. The van der Waals surface area contributed by atoms with Crippen molar-refractivity contribution in [1.82, 2.24) is 15.5 Å². The summed E-state index contributed by atoms with van der Waals surface area (Å²) in [6, 6.07) is 0.558. The highest BCUT2D eigenvalue weighted by molar-refractivity contribution is 5.76. The Morgan fingerprint density at radius 3 is 2.94 bits per heavy atom. The Balaban J connectivity index is 2.02. The van der Waals surface area contributed by atoms with Crippen molar-refractivity contribution in [2.75, 3.05) is 39.8 Å². The van der Waals surface area contributed by atoms with Crippen molar-refractivity contribution in [3.8, 4) is 0 Å². The Morgan fingerprint density at radius 1 is 1.56 bits per heavy atom. The van der Waals surface area contributed by atoms with Crippen LogP contribution in [0.5, 0.6) is 0 Å². The van der Waals surface area contributed by atoms with Gasteiger partial charge in [-0.3, -0.25) is 4.79 Å². The van der Waals surface area contributed by atoms with Gasteiger partial charge < -0.3 is 20.3 Å².